The van der Waals surface area contributed by atoms with E-state index < -0.39 is 55.6 Å². The molecule has 53 heavy (non-hydrogen) atoms. The fourth-order valence-corrected chi connectivity index (χ4v) is 7.38. The lowest BCUT2D eigenvalue weighted by atomic mass is 9.98. The van der Waals surface area contributed by atoms with Crippen molar-refractivity contribution >= 4 is 5.91 Å². The second kappa shape index (κ2) is 34.4. The third-order valence-electron chi connectivity index (χ3n) is 11.1. The first kappa shape index (κ1) is 50.2. The van der Waals surface area contributed by atoms with Crippen molar-refractivity contribution in [2.24, 2.45) is 0 Å². The van der Waals surface area contributed by atoms with Crippen molar-refractivity contribution in [3.63, 3.8) is 0 Å². The molecule has 0 spiro atoms. The molecule has 0 aromatic rings. The molecule has 1 fully saturated rings. The Balaban J connectivity index is 2.28. The maximum atomic E-state index is 12.9. The summed E-state index contributed by atoms with van der Waals surface area (Å²) < 4.78 is 11.1. The molecule has 1 saturated heterocycles. The normalized spacial score (nSPS) is 22.2. The van der Waals surface area contributed by atoms with Crippen LogP contribution in [0.25, 0.3) is 0 Å². The number of aliphatic hydroxyl groups excluding tert-OH is 6. The first-order chi connectivity index (χ1) is 25.8. The topological polar surface area (TPSA) is 169 Å². The summed E-state index contributed by atoms with van der Waals surface area (Å²) in [5.41, 5.74) is 0. The van der Waals surface area contributed by atoms with Crippen LogP contribution in [0.3, 0.4) is 0 Å². The molecule has 1 amide bonds. The smallest absolute Gasteiger partial charge is 0.220 e. The second-order valence-electron chi connectivity index (χ2n) is 16.0. The molecule has 0 aliphatic carbocycles. The Bertz CT molecular complexity index is 819. The summed E-state index contributed by atoms with van der Waals surface area (Å²) in [6, 6.07) is -0.982. The highest BCUT2D eigenvalue weighted by molar-refractivity contribution is 5.76. The van der Waals surface area contributed by atoms with E-state index in [1.807, 2.05) is 0 Å². The van der Waals surface area contributed by atoms with Gasteiger partial charge in [-0.3, -0.25) is 4.79 Å². The highest BCUT2D eigenvalue weighted by atomic mass is 16.7. The highest BCUT2D eigenvalue weighted by Crippen LogP contribution is 2.23. The van der Waals surface area contributed by atoms with Gasteiger partial charge in [0.25, 0.3) is 0 Å². The lowest BCUT2D eigenvalue weighted by molar-refractivity contribution is -0.303. The molecule has 8 atom stereocenters. The van der Waals surface area contributed by atoms with E-state index >= 15 is 0 Å². The fourth-order valence-electron chi connectivity index (χ4n) is 7.38. The van der Waals surface area contributed by atoms with E-state index in [2.05, 4.69) is 19.2 Å². The molecule has 0 saturated carbocycles. The van der Waals surface area contributed by atoms with Crippen LogP contribution in [0.2, 0.25) is 0 Å². The zero-order valence-electron chi connectivity index (χ0n) is 34.2. The second-order valence-corrected chi connectivity index (χ2v) is 16.0. The summed E-state index contributed by atoms with van der Waals surface area (Å²) in [6.07, 6.45) is 25.7. The Kier molecular flexibility index (Phi) is 32.6. The molecule has 1 aliphatic heterocycles. The van der Waals surface area contributed by atoms with Crippen LogP contribution in [-0.2, 0) is 14.3 Å². The van der Waals surface area contributed by atoms with Crippen molar-refractivity contribution in [1.82, 2.24) is 5.32 Å². The average molecular weight is 760 g/mol. The maximum Gasteiger partial charge on any atom is 0.220 e. The Morgan fingerprint density at radius 1 is 0.585 bits per heavy atom. The quantitative estimate of drug-likeness (QED) is 0.0313. The maximum absolute atomic E-state index is 12.9. The molecule has 7 N–H and O–H groups in total. The molecule has 1 aliphatic rings. The van der Waals surface area contributed by atoms with Crippen molar-refractivity contribution in [3.05, 3.63) is 0 Å². The molecular formula is C43H85NO9. The Morgan fingerprint density at radius 2 is 0.981 bits per heavy atom. The summed E-state index contributed by atoms with van der Waals surface area (Å²) in [7, 11) is 0. The van der Waals surface area contributed by atoms with Crippen molar-refractivity contribution in [1.29, 1.82) is 0 Å². The Morgan fingerprint density at radius 3 is 1.40 bits per heavy atom. The van der Waals surface area contributed by atoms with Gasteiger partial charge in [-0.05, 0) is 12.8 Å². The Labute approximate surface area is 324 Å². The standard InChI is InChI=1S/C43H85NO9/c1-3-5-7-9-11-12-13-14-15-16-17-18-19-20-21-22-23-24-26-28-30-32-38(47)44-35(39(48)36(46)31-29-27-25-10-8-6-4-2)34-52-43-42(51)41(50)40(49)37(33-45)53-43/h35-37,39-43,45-46,48-51H,3-34H2,1-2H3,(H,44,47)/t35-,36+,37+,39-,40-,41-,42+,43-/m0/s1. The molecule has 0 aromatic carbocycles. The van der Waals surface area contributed by atoms with Gasteiger partial charge in [0.1, 0.15) is 30.5 Å². The van der Waals surface area contributed by atoms with Crippen LogP contribution in [0.15, 0.2) is 0 Å². The van der Waals surface area contributed by atoms with Gasteiger partial charge in [0, 0.05) is 6.42 Å². The number of aliphatic hydroxyl groups is 6. The molecule has 10 nitrogen and oxygen atoms in total. The largest absolute Gasteiger partial charge is 0.394 e. The SMILES string of the molecule is CCCCCCCCCCCCCCCCCCCCCCCC(=O)N[C@@H](CO[C@H]1O[C@H](CO)[C@H](O)[C@H](O)[C@H]1O)[C@H](O)[C@H](O)CCCCCCCCC. The van der Waals surface area contributed by atoms with E-state index in [4.69, 9.17) is 9.47 Å². The molecule has 0 aromatic heterocycles. The van der Waals surface area contributed by atoms with Gasteiger partial charge >= 0.3 is 0 Å². The van der Waals surface area contributed by atoms with Crippen LogP contribution in [0.5, 0.6) is 0 Å². The van der Waals surface area contributed by atoms with Gasteiger partial charge < -0.3 is 45.4 Å². The van der Waals surface area contributed by atoms with Gasteiger partial charge in [-0.1, -0.05) is 187 Å². The summed E-state index contributed by atoms with van der Waals surface area (Å²) in [4.78, 5) is 12.9. The van der Waals surface area contributed by atoms with E-state index in [1.165, 1.54) is 135 Å². The van der Waals surface area contributed by atoms with Gasteiger partial charge in [0.05, 0.1) is 25.4 Å². The summed E-state index contributed by atoms with van der Waals surface area (Å²) in [6.45, 7) is 3.56. The Hall–Kier alpha value is -0.850. The first-order valence-corrected chi connectivity index (χ1v) is 22.3. The zero-order chi connectivity index (χ0) is 38.9. The van der Waals surface area contributed by atoms with Crippen LogP contribution in [0.4, 0.5) is 0 Å². The molecular weight excluding hydrogens is 674 g/mol. The number of hydrogen-bond donors (Lipinski definition) is 7. The molecule has 1 rings (SSSR count). The van der Waals surface area contributed by atoms with Crippen LogP contribution in [0, 0.1) is 0 Å². The third-order valence-corrected chi connectivity index (χ3v) is 11.1. The number of carbonyl (C=O) groups is 1. The van der Waals surface area contributed by atoms with Crippen molar-refractivity contribution in [3.8, 4) is 0 Å². The minimum atomic E-state index is -1.60. The lowest BCUT2D eigenvalue weighted by Gasteiger charge is -2.40. The van der Waals surface area contributed by atoms with Crippen LogP contribution in [0.1, 0.15) is 206 Å². The predicted octanol–water partition coefficient (Wildman–Crippen LogP) is 7.75. The fraction of sp³-hybridized carbons (Fsp3) is 0.977. The number of carbonyl (C=O) groups excluding carboxylic acids is 1. The molecule has 10 heteroatoms. The highest BCUT2D eigenvalue weighted by Gasteiger charge is 2.44. The van der Waals surface area contributed by atoms with Crippen LogP contribution < -0.4 is 5.32 Å². The molecule has 316 valence electrons. The average Bonchev–Trinajstić information content (AvgIpc) is 3.16. The summed E-state index contributed by atoms with van der Waals surface area (Å²) in [5, 5.41) is 64.8. The first-order valence-electron chi connectivity index (χ1n) is 22.3. The predicted molar refractivity (Wildman–Crippen MR) is 214 cm³/mol. The number of hydrogen-bond acceptors (Lipinski definition) is 9. The number of amides is 1. The lowest BCUT2D eigenvalue weighted by Crippen LogP contribution is -2.60. The number of nitrogens with one attached hydrogen (secondary N) is 1. The monoisotopic (exact) mass is 760 g/mol. The molecule has 0 bridgehead atoms. The van der Waals surface area contributed by atoms with E-state index in [1.54, 1.807) is 0 Å². The van der Waals surface area contributed by atoms with Gasteiger partial charge in [0.2, 0.25) is 5.91 Å². The molecule has 1 heterocycles. The van der Waals surface area contributed by atoms with Gasteiger partial charge in [-0.25, -0.2) is 0 Å². The number of ether oxygens (including phenoxy) is 2. The summed E-state index contributed by atoms with van der Waals surface area (Å²) in [5.74, 6) is -0.257. The summed E-state index contributed by atoms with van der Waals surface area (Å²) >= 11 is 0. The van der Waals surface area contributed by atoms with Gasteiger partial charge in [-0.2, -0.15) is 0 Å². The van der Waals surface area contributed by atoms with Crippen molar-refractivity contribution in [2.75, 3.05) is 13.2 Å². The van der Waals surface area contributed by atoms with Crippen molar-refractivity contribution in [2.45, 2.75) is 255 Å². The van der Waals surface area contributed by atoms with Crippen molar-refractivity contribution < 1.29 is 44.9 Å². The van der Waals surface area contributed by atoms with Gasteiger partial charge in [-0.15, -0.1) is 0 Å². The number of unbranched alkanes of at least 4 members (excludes halogenated alkanes) is 26. The van der Waals surface area contributed by atoms with E-state index in [-0.39, 0.29) is 18.9 Å². The minimum Gasteiger partial charge on any atom is -0.394 e. The zero-order valence-corrected chi connectivity index (χ0v) is 34.2. The van der Waals surface area contributed by atoms with E-state index in [9.17, 15) is 35.4 Å². The third kappa shape index (κ3) is 25.1. The van der Waals surface area contributed by atoms with Crippen LogP contribution >= 0.6 is 0 Å². The van der Waals surface area contributed by atoms with E-state index in [0.717, 1.165) is 44.9 Å². The molecule has 0 radical (unpaired) electrons. The van der Waals surface area contributed by atoms with Crippen LogP contribution in [-0.4, -0.2) is 98.7 Å². The molecule has 0 unspecified atom stereocenters. The van der Waals surface area contributed by atoms with Gasteiger partial charge in [0.15, 0.2) is 6.29 Å². The van der Waals surface area contributed by atoms with E-state index in [0.29, 0.717) is 6.42 Å². The number of rotatable bonds is 37. The minimum absolute atomic E-state index is 0.257.